The molecule has 0 spiro atoms. The number of nitriles is 1. The van der Waals surface area contributed by atoms with Gasteiger partial charge in [-0.25, -0.2) is 0 Å². The van der Waals surface area contributed by atoms with Crippen LogP contribution in [0.25, 0.3) is 0 Å². The molecule has 1 saturated heterocycles. The van der Waals surface area contributed by atoms with Crippen molar-refractivity contribution in [3.05, 3.63) is 47.9 Å². The Balaban J connectivity index is 1.66. The van der Waals surface area contributed by atoms with Gasteiger partial charge in [0.2, 0.25) is 5.91 Å². The van der Waals surface area contributed by atoms with Crippen molar-refractivity contribution >= 4 is 17.4 Å². The van der Waals surface area contributed by atoms with Crippen LogP contribution in [0.3, 0.4) is 0 Å². The fraction of sp³-hybridized carbons (Fsp3) is 0.435. The van der Waals surface area contributed by atoms with Gasteiger partial charge < -0.3 is 19.4 Å². The number of carbonyl (C=O) groups is 1. The lowest BCUT2D eigenvalue weighted by Crippen LogP contribution is -2.55. The smallest absolute Gasteiger partial charge is 0.419 e. The molecule has 184 valence electrons. The topological polar surface area (TPSA) is 98.5 Å². The standard InChI is InChI=1S/C23H24F3N7O2/c1-3-20(34)33-11-10-32(13-15(33)4-7-27)21-16-6-9-31(14-18(16)29-22(30-21)35-2)19-5-8-28-12-17(19)23(24,25)26/h3,5,8,12,15H,1,4,6,9-11,13-14H2,2H3. The van der Waals surface area contributed by atoms with E-state index in [0.717, 1.165) is 11.8 Å². The highest BCUT2D eigenvalue weighted by Gasteiger charge is 2.37. The van der Waals surface area contributed by atoms with E-state index >= 15 is 0 Å². The lowest BCUT2D eigenvalue weighted by Gasteiger charge is -2.42. The van der Waals surface area contributed by atoms with Crippen LogP contribution in [0.15, 0.2) is 31.1 Å². The molecule has 1 fully saturated rings. The Labute approximate surface area is 200 Å². The molecule has 1 atom stereocenters. The number of alkyl halides is 3. The maximum absolute atomic E-state index is 13.6. The molecule has 9 nitrogen and oxygen atoms in total. The molecule has 0 bridgehead atoms. The van der Waals surface area contributed by atoms with Crippen LogP contribution in [-0.2, 0) is 23.9 Å². The zero-order valence-electron chi connectivity index (χ0n) is 19.1. The number of hydrogen-bond acceptors (Lipinski definition) is 8. The first kappa shape index (κ1) is 24.3. The number of halogens is 3. The highest BCUT2D eigenvalue weighted by molar-refractivity contribution is 5.87. The van der Waals surface area contributed by atoms with Gasteiger partial charge in [-0.1, -0.05) is 6.58 Å². The molecule has 4 rings (SSSR count). The van der Waals surface area contributed by atoms with E-state index in [2.05, 4.69) is 27.6 Å². The van der Waals surface area contributed by atoms with Gasteiger partial charge in [0, 0.05) is 44.1 Å². The summed E-state index contributed by atoms with van der Waals surface area (Å²) in [4.78, 5) is 30.1. The Kier molecular flexibility index (Phi) is 6.77. The minimum absolute atomic E-state index is 0.0444. The Hall–Kier alpha value is -3.88. The van der Waals surface area contributed by atoms with Crippen molar-refractivity contribution in [2.24, 2.45) is 0 Å². The summed E-state index contributed by atoms with van der Waals surface area (Å²) in [6.07, 6.45) is -0.559. The van der Waals surface area contributed by atoms with Crippen LogP contribution in [0.5, 0.6) is 6.01 Å². The molecule has 35 heavy (non-hydrogen) atoms. The second-order valence-corrected chi connectivity index (χ2v) is 8.22. The molecule has 0 aliphatic carbocycles. The number of pyridine rings is 1. The van der Waals surface area contributed by atoms with Crippen LogP contribution < -0.4 is 14.5 Å². The largest absolute Gasteiger partial charge is 0.467 e. The normalized spacial score (nSPS) is 18.0. The molecule has 2 aliphatic rings. The van der Waals surface area contributed by atoms with E-state index in [1.54, 1.807) is 9.80 Å². The number of nitrogens with zero attached hydrogens (tertiary/aromatic N) is 7. The Morgan fingerprint density at radius 2 is 2.11 bits per heavy atom. The lowest BCUT2D eigenvalue weighted by molar-refractivity contribution is -0.137. The zero-order valence-corrected chi connectivity index (χ0v) is 19.1. The van der Waals surface area contributed by atoms with Crippen molar-refractivity contribution in [1.82, 2.24) is 19.9 Å². The number of amides is 1. The average molecular weight is 487 g/mol. The van der Waals surface area contributed by atoms with Crippen LogP contribution >= 0.6 is 0 Å². The number of piperazine rings is 1. The average Bonchev–Trinajstić information content (AvgIpc) is 2.86. The van der Waals surface area contributed by atoms with Gasteiger partial charge in [0.15, 0.2) is 0 Å². The van der Waals surface area contributed by atoms with Crippen molar-refractivity contribution in [2.75, 3.05) is 43.1 Å². The van der Waals surface area contributed by atoms with Crippen molar-refractivity contribution in [3.63, 3.8) is 0 Å². The summed E-state index contributed by atoms with van der Waals surface area (Å²) in [5, 5.41) is 9.27. The van der Waals surface area contributed by atoms with E-state index in [1.165, 1.54) is 25.4 Å². The summed E-state index contributed by atoms with van der Waals surface area (Å²) in [7, 11) is 1.43. The fourth-order valence-electron chi connectivity index (χ4n) is 4.56. The van der Waals surface area contributed by atoms with E-state index in [9.17, 15) is 23.2 Å². The maximum Gasteiger partial charge on any atom is 0.419 e. The summed E-state index contributed by atoms with van der Waals surface area (Å²) >= 11 is 0. The Bertz CT molecular complexity index is 1160. The third-order valence-electron chi connectivity index (χ3n) is 6.22. The second kappa shape index (κ2) is 9.77. The predicted molar refractivity (Wildman–Crippen MR) is 121 cm³/mol. The lowest BCUT2D eigenvalue weighted by atomic mass is 10.0. The highest BCUT2D eigenvalue weighted by atomic mass is 19.4. The summed E-state index contributed by atoms with van der Waals surface area (Å²) < 4.78 is 46.0. The van der Waals surface area contributed by atoms with Gasteiger partial charge in [0.1, 0.15) is 5.82 Å². The van der Waals surface area contributed by atoms with Crippen molar-refractivity contribution in [2.45, 2.75) is 31.6 Å². The quantitative estimate of drug-likeness (QED) is 0.594. The molecule has 0 aromatic carbocycles. The Morgan fingerprint density at radius 1 is 1.31 bits per heavy atom. The number of hydrogen-bond donors (Lipinski definition) is 0. The zero-order chi connectivity index (χ0) is 25.2. The Morgan fingerprint density at radius 3 is 2.80 bits per heavy atom. The van der Waals surface area contributed by atoms with Gasteiger partial charge in [-0.05, 0) is 18.6 Å². The van der Waals surface area contributed by atoms with E-state index in [-0.39, 0.29) is 36.6 Å². The minimum atomic E-state index is -4.53. The molecule has 1 amide bonds. The van der Waals surface area contributed by atoms with E-state index in [0.29, 0.717) is 44.1 Å². The first-order valence-corrected chi connectivity index (χ1v) is 11.0. The summed E-state index contributed by atoms with van der Waals surface area (Å²) in [5.74, 6) is 0.381. The number of methoxy groups -OCH3 is 1. The molecular weight excluding hydrogens is 463 g/mol. The van der Waals surface area contributed by atoms with Crippen LogP contribution in [0.4, 0.5) is 24.7 Å². The number of rotatable bonds is 5. The summed E-state index contributed by atoms with van der Waals surface area (Å²) in [6, 6.07) is 3.24. The molecule has 4 heterocycles. The van der Waals surface area contributed by atoms with Crippen LogP contribution in [0.1, 0.15) is 23.2 Å². The first-order valence-electron chi connectivity index (χ1n) is 11.0. The molecule has 0 N–H and O–H groups in total. The molecule has 0 saturated carbocycles. The van der Waals surface area contributed by atoms with Crippen molar-refractivity contribution in [1.29, 1.82) is 5.26 Å². The second-order valence-electron chi connectivity index (χ2n) is 8.22. The third kappa shape index (κ3) is 4.84. The molecule has 1 unspecified atom stereocenters. The third-order valence-corrected chi connectivity index (χ3v) is 6.22. The van der Waals surface area contributed by atoms with E-state index < -0.39 is 11.7 Å². The number of ether oxygens (including phenoxy) is 1. The summed E-state index contributed by atoms with van der Waals surface area (Å²) in [5.41, 5.74) is 0.642. The summed E-state index contributed by atoms with van der Waals surface area (Å²) in [6.45, 7) is 5.25. The molecular formula is C23H24F3N7O2. The molecule has 2 aromatic heterocycles. The van der Waals surface area contributed by atoms with Gasteiger partial charge in [-0.3, -0.25) is 9.78 Å². The van der Waals surface area contributed by atoms with Crippen molar-refractivity contribution in [3.8, 4) is 12.1 Å². The monoisotopic (exact) mass is 487 g/mol. The van der Waals surface area contributed by atoms with E-state index in [4.69, 9.17) is 4.74 Å². The number of fused-ring (bicyclic) bond motifs is 1. The molecule has 0 radical (unpaired) electrons. The van der Waals surface area contributed by atoms with Gasteiger partial charge >= 0.3 is 12.2 Å². The molecule has 12 heteroatoms. The van der Waals surface area contributed by atoms with Gasteiger partial charge in [-0.2, -0.15) is 28.4 Å². The van der Waals surface area contributed by atoms with Gasteiger partial charge in [0.25, 0.3) is 0 Å². The first-order chi connectivity index (χ1) is 16.8. The maximum atomic E-state index is 13.6. The fourth-order valence-corrected chi connectivity index (χ4v) is 4.56. The number of aromatic nitrogens is 3. The van der Waals surface area contributed by atoms with Gasteiger partial charge in [0.05, 0.1) is 49.1 Å². The number of carbonyl (C=O) groups excluding carboxylic acids is 1. The van der Waals surface area contributed by atoms with Crippen LogP contribution in [0, 0.1) is 11.3 Å². The molecule has 2 aromatic rings. The SMILES string of the molecule is C=CC(=O)N1CCN(c2nc(OC)nc3c2CCN(c2ccncc2C(F)(F)F)C3)CC1CC#N. The van der Waals surface area contributed by atoms with Gasteiger partial charge in [-0.15, -0.1) is 0 Å². The minimum Gasteiger partial charge on any atom is -0.467 e. The molecule has 2 aliphatic heterocycles. The van der Waals surface area contributed by atoms with Crippen molar-refractivity contribution < 1.29 is 22.7 Å². The van der Waals surface area contributed by atoms with Crippen LogP contribution in [-0.4, -0.2) is 65.1 Å². The van der Waals surface area contributed by atoms with Crippen LogP contribution in [0.2, 0.25) is 0 Å². The number of anilines is 2. The van der Waals surface area contributed by atoms with E-state index in [1.807, 2.05) is 4.90 Å². The highest BCUT2D eigenvalue weighted by Crippen LogP contribution is 2.38. The predicted octanol–water partition coefficient (Wildman–Crippen LogP) is 2.58.